The van der Waals surface area contributed by atoms with Crippen LogP contribution < -0.4 is 10.3 Å². The molecule has 0 aliphatic carbocycles. The summed E-state index contributed by atoms with van der Waals surface area (Å²) >= 11 is 6.00. The van der Waals surface area contributed by atoms with E-state index in [0.29, 0.717) is 29.9 Å². The van der Waals surface area contributed by atoms with Crippen LogP contribution in [0.5, 0.6) is 0 Å². The molecule has 5 rings (SSSR count). The topological polar surface area (TPSA) is 59.4 Å². The van der Waals surface area contributed by atoms with Crippen molar-refractivity contribution >= 4 is 38.0 Å². The number of hydrogen-bond donors (Lipinski definition) is 0. The highest BCUT2D eigenvalue weighted by Gasteiger charge is 2.26. The number of hydrogen-bond acceptors (Lipinski definition) is 4. The molecule has 0 spiro atoms. The molecule has 0 unspecified atom stereocenters. The van der Waals surface area contributed by atoms with Gasteiger partial charge in [0, 0.05) is 30.9 Å². The third-order valence-corrected chi connectivity index (χ3v) is 8.45. The Morgan fingerprint density at radius 2 is 1.64 bits per heavy atom. The minimum Gasteiger partial charge on any atom is -0.369 e. The molecule has 186 valence electrons. The van der Waals surface area contributed by atoms with Gasteiger partial charge in [0.05, 0.1) is 21.5 Å². The molecule has 5 nitrogen and oxygen atoms in total. The number of anilines is 1. The number of rotatable bonds is 5. The summed E-state index contributed by atoms with van der Waals surface area (Å²) in [7, 11) is -4.26. The molecule has 9 heteroatoms. The smallest absolute Gasteiger partial charge is 0.211 e. The first-order chi connectivity index (χ1) is 17.2. The molecule has 0 N–H and O–H groups in total. The van der Waals surface area contributed by atoms with Crippen LogP contribution in [0.4, 0.5) is 14.5 Å². The average Bonchev–Trinajstić information content (AvgIpc) is 2.87. The zero-order valence-electron chi connectivity index (χ0n) is 19.3. The number of halogens is 3. The molecule has 1 aromatic heterocycles. The lowest BCUT2D eigenvalue weighted by Crippen LogP contribution is -2.30. The third-order valence-electron chi connectivity index (χ3n) is 6.47. The van der Waals surface area contributed by atoms with Crippen molar-refractivity contribution in [3.8, 4) is 0 Å². The molecule has 0 bridgehead atoms. The summed E-state index contributed by atoms with van der Waals surface area (Å²) in [4.78, 5) is 14.8. The van der Waals surface area contributed by atoms with E-state index in [4.69, 9.17) is 11.6 Å². The van der Waals surface area contributed by atoms with Crippen molar-refractivity contribution in [2.24, 2.45) is 0 Å². The lowest BCUT2D eigenvalue weighted by atomic mass is 10.1. The van der Waals surface area contributed by atoms with E-state index in [1.807, 2.05) is 4.90 Å². The molecular weight excluding hydrogens is 506 g/mol. The monoisotopic (exact) mass is 528 g/mol. The van der Waals surface area contributed by atoms with Crippen molar-refractivity contribution in [1.29, 1.82) is 0 Å². The van der Waals surface area contributed by atoms with Gasteiger partial charge in [-0.15, -0.1) is 0 Å². The summed E-state index contributed by atoms with van der Waals surface area (Å²) in [5.74, 6) is -0.977. The van der Waals surface area contributed by atoms with Crippen molar-refractivity contribution < 1.29 is 17.2 Å². The van der Waals surface area contributed by atoms with E-state index in [2.05, 4.69) is 0 Å². The Hall–Kier alpha value is -3.23. The average molecular weight is 529 g/mol. The van der Waals surface area contributed by atoms with Gasteiger partial charge in [-0.05, 0) is 67.3 Å². The van der Waals surface area contributed by atoms with E-state index in [0.717, 1.165) is 25.3 Å². The van der Waals surface area contributed by atoms with Crippen molar-refractivity contribution in [2.75, 3.05) is 18.0 Å². The number of fused-ring (bicyclic) bond motifs is 1. The maximum atomic E-state index is 15.3. The van der Waals surface area contributed by atoms with Crippen molar-refractivity contribution in [3.63, 3.8) is 0 Å². The summed E-state index contributed by atoms with van der Waals surface area (Å²) < 4.78 is 57.3. The summed E-state index contributed by atoms with van der Waals surface area (Å²) in [6.07, 6.45) is 4.24. The zero-order chi connectivity index (χ0) is 25.4. The van der Waals surface area contributed by atoms with Gasteiger partial charge in [0.2, 0.25) is 15.3 Å². The van der Waals surface area contributed by atoms with Crippen LogP contribution in [0, 0.1) is 11.6 Å². The van der Waals surface area contributed by atoms with Crippen molar-refractivity contribution in [3.05, 3.63) is 99.3 Å². The second kappa shape index (κ2) is 9.67. The SMILES string of the molecule is O=c1c(S(=O)(=O)c2cccc(Cl)c2)cn(Cc2ccc(F)cc2)c2cc(N3CCCCC3)c(F)cc12. The predicted molar refractivity (Wildman–Crippen MR) is 137 cm³/mol. The Morgan fingerprint density at radius 1 is 0.917 bits per heavy atom. The van der Waals surface area contributed by atoms with E-state index in [9.17, 15) is 17.6 Å². The molecule has 36 heavy (non-hydrogen) atoms. The van der Waals surface area contributed by atoms with Gasteiger partial charge in [0.25, 0.3) is 0 Å². The number of nitrogens with zero attached hydrogens (tertiary/aromatic N) is 2. The van der Waals surface area contributed by atoms with Crippen LogP contribution in [-0.4, -0.2) is 26.1 Å². The van der Waals surface area contributed by atoms with Crippen LogP contribution in [-0.2, 0) is 16.4 Å². The molecule has 3 aromatic carbocycles. The van der Waals surface area contributed by atoms with Crippen LogP contribution in [0.15, 0.2) is 81.4 Å². The van der Waals surface area contributed by atoms with Crippen LogP contribution >= 0.6 is 11.6 Å². The fraction of sp³-hybridized carbons (Fsp3) is 0.222. The van der Waals surface area contributed by atoms with E-state index in [1.54, 1.807) is 22.8 Å². The minimum atomic E-state index is -4.26. The van der Waals surface area contributed by atoms with E-state index < -0.39 is 31.8 Å². The van der Waals surface area contributed by atoms with Crippen LogP contribution in [0.2, 0.25) is 5.02 Å². The number of benzene rings is 3. The first-order valence-corrected chi connectivity index (χ1v) is 13.5. The van der Waals surface area contributed by atoms with Gasteiger partial charge in [0.15, 0.2) is 0 Å². The van der Waals surface area contributed by atoms with Crippen LogP contribution in [0.1, 0.15) is 24.8 Å². The Bertz CT molecular complexity index is 1610. The molecule has 0 amide bonds. The lowest BCUT2D eigenvalue weighted by Gasteiger charge is -2.29. The van der Waals surface area contributed by atoms with Gasteiger partial charge in [-0.2, -0.15) is 0 Å². The van der Waals surface area contributed by atoms with Gasteiger partial charge in [-0.1, -0.05) is 29.8 Å². The fourth-order valence-electron chi connectivity index (χ4n) is 4.62. The van der Waals surface area contributed by atoms with E-state index >= 15 is 4.39 Å². The van der Waals surface area contributed by atoms with Crippen LogP contribution in [0.25, 0.3) is 10.9 Å². The maximum Gasteiger partial charge on any atom is 0.211 e. The Balaban J connectivity index is 1.74. The largest absolute Gasteiger partial charge is 0.369 e. The van der Waals surface area contributed by atoms with Crippen molar-refractivity contribution in [2.45, 2.75) is 35.6 Å². The number of piperidine rings is 1. The summed E-state index contributed by atoms with van der Waals surface area (Å²) in [5.41, 5.74) is 0.678. The highest BCUT2D eigenvalue weighted by atomic mass is 35.5. The second-order valence-electron chi connectivity index (χ2n) is 8.91. The standard InChI is InChI=1S/C27H23ClF2N2O3S/c28-19-5-4-6-21(13-19)36(34,35)26-17-32(16-18-7-9-20(29)10-8-18)24-15-25(31-11-2-1-3-12-31)23(30)14-22(24)27(26)33/h4-10,13-15,17H,1-3,11-12,16H2. The molecule has 1 aliphatic rings. The lowest BCUT2D eigenvalue weighted by molar-refractivity contribution is 0.557. The molecule has 2 heterocycles. The molecule has 0 atom stereocenters. The number of sulfone groups is 1. The first kappa shape index (κ1) is 24.5. The Kier molecular flexibility index (Phi) is 6.57. The number of pyridine rings is 1. The zero-order valence-corrected chi connectivity index (χ0v) is 20.8. The molecule has 4 aromatic rings. The summed E-state index contributed by atoms with van der Waals surface area (Å²) in [5, 5.41) is 0.166. The Morgan fingerprint density at radius 3 is 2.33 bits per heavy atom. The van der Waals surface area contributed by atoms with Crippen LogP contribution in [0.3, 0.4) is 0 Å². The number of aromatic nitrogens is 1. The molecule has 0 radical (unpaired) electrons. The van der Waals surface area contributed by atoms with Gasteiger partial charge >= 0.3 is 0 Å². The van der Waals surface area contributed by atoms with Gasteiger partial charge in [-0.3, -0.25) is 4.79 Å². The maximum absolute atomic E-state index is 15.3. The highest BCUT2D eigenvalue weighted by molar-refractivity contribution is 7.91. The normalized spacial score (nSPS) is 14.4. The molecular formula is C27H23ClF2N2O3S. The molecule has 0 saturated carbocycles. The van der Waals surface area contributed by atoms with Crippen molar-refractivity contribution in [1.82, 2.24) is 4.57 Å². The summed E-state index contributed by atoms with van der Waals surface area (Å²) in [6, 6.07) is 14.2. The van der Waals surface area contributed by atoms with Gasteiger partial charge < -0.3 is 9.47 Å². The minimum absolute atomic E-state index is 0.0431. The Labute approximate surface area is 212 Å². The quantitative estimate of drug-likeness (QED) is 0.328. The molecule has 1 aliphatic heterocycles. The summed E-state index contributed by atoms with van der Waals surface area (Å²) in [6.45, 7) is 1.55. The third kappa shape index (κ3) is 4.63. The van der Waals surface area contributed by atoms with Gasteiger partial charge in [-0.25, -0.2) is 17.2 Å². The fourth-order valence-corrected chi connectivity index (χ4v) is 6.29. The van der Waals surface area contributed by atoms with E-state index in [1.165, 1.54) is 42.6 Å². The predicted octanol–water partition coefficient (Wildman–Crippen LogP) is 5.80. The second-order valence-corrected chi connectivity index (χ2v) is 11.3. The highest BCUT2D eigenvalue weighted by Crippen LogP contribution is 2.30. The molecule has 1 saturated heterocycles. The van der Waals surface area contributed by atoms with Gasteiger partial charge in [0.1, 0.15) is 16.5 Å². The van der Waals surface area contributed by atoms with E-state index in [-0.39, 0.29) is 21.8 Å². The first-order valence-electron chi connectivity index (χ1n) is 11.6. The molecule has 1 fully saturated rings.